The first-order valence-electron chi connectivity index (χ1n) is 9.00. The third-order valence-corrected chi connectivity index (χ3v) is 5.12. The minimum atomic E-state index is -4.40. The summed E-state index contributed by atoms with van der Waals surface area (Å²) in [6, 6.07) is 0.139. The fourth-order valence-corrected chi connectivity index (χ4v) is 3.54. The molecule has 3 N–H and O–H groups in total. The lowest BCUT2D eigenvalue weighted by Crippen LogP contribution is -2.46. The predicted octanol–water partition coefficient (Wildman–Crippen LogP) is 2.48. The Labute approximate surface area is 166 Å². The van der Waals surface area contributed by atoms with Crippen LogP contribution >= 0.6 is 0 Å². The molecule has 1 aliphatic carbocycles. The van der Waals surface area contributed by atoms with Crippen molar-refractivity contribution in [3.8, 4) is 5.75 Å². The Morgan fingerprint density at radius 1 is 1.27 bits per heavy atom. The highest BCUT2D eigenvalue weighted by Gasteiger charge is 2.43. The van der Waals surface area contributed by atoms with Crippen LogP contribution in [0.25, 0.3) is 0 Å². The van der Waals surface area contributed by atoms with Gasteiger partial charge in [-0.15, -0.1) is 0 Å². The number of nitrogens with zero attached hydrogens (tertiary/aromatic N) is 1. The molecule has 0 spiro atoms. The number of rotatable bonds is 2. The monoisotopic (exact) mass is 430 g/mol. The van der Waals surface area contributed by atoms with Crippen LogP contribution in [-0.2, 0) is 17.6 Å². The summed E-state index contributed by atoms with van der Waals surface area (Å²) < 4.78 is 71.7. The van der Waals surface area contributed by atoms with E-state index >= 15 is 0 Å². The minimum Gasteiger partial charge on any atom is -0.488 e. The minimum absolute atomic E-state index is 0.0902. The van der Waals surface area contributed by atoms with E-state index in [1.807, 2.05) is 0 Å². The zero-order chi connectivity index (χ0) is 21.6. The SMILES string of the molecule is O=C(N[C@H]1COc2cc(F)cc(F)c2NC1=O)c1n[nH]c2c1C[C@@H](C(F)(F)F)CC2. The normalized spacial score (nSPS) is 21.0. The molecule has 7 nitrogen and oxygen atoms in total. The molecule has 0 unspecified atom stereocenters. The maximum absolute atomic E-state index is 13.9. The smallest absolute Gasteiger partial charge is 0.392 e. The average Bonchev–Trinajstić information content (AvgIpc) is 3.03. The molecule has 2 aromatic rings. The Hall–Kier alpha value is -3.18. The molecule has 4 rings (SSSR count). The van der Waals surface area contributed by atoms with Gasteiger partial charge in [0.1, 0.15) is 29.9 Å². The van der Waals surface area contributed by atoms with Gasteiger partial charge in [0.2, 0.25) is 0 Å². The van der Waals surface area contributed by atoms with E-state index in [0.717, 1.165) is 6.07 Å². The van der Waals surface area contributed by atoms with Crippen molar-refractivity contribution in [3.63, 3.8) is 0 Å². The zero-order valence-electron chi connectivity index (χ0n) is 15.2. The third kappa shape index (κ3) is 3.68. The van der Waals surface area contributed by atoms with Gasteiger partial charge in [0.05, 0.1) is 5.92 Å². The number of alkyl halides is 3. The van der Waals surface area contributed by atoms with E-state index < -0.39 is 54.6 Å². The lowest BCUT2D eigenvalue weighted by molar-refractivity contribution is -0.177. The number of carbonyl (C=O) groups excluding carboxylic acids is 2. The number of aromatic nitrogens is 2. The summed E-state index contributed by atoms with van der Waals surface area (Å²) in [5, 5.41) is 10.9. The number of ether oxygens (including phenoxy) is 1. The van der Waals surface area contributed by atoms with Crippen LogP contribution in [0.5, 0.6) is 5.75 Å². The highest BCUT2D eigenvalue weighted by atomic mass is 19.4. The first-order chi connectivity index (χ1) is 14.1. The second kappa shape index (κ2) is 7.26. The molecule has 160 valence electrons. The van der Waals surface area contributed by atoms with Gasteiger partial charge < -0.3 is 15.4 Å². The van der Waals surface area contributed by atoms with Crippen molar-refractivity contribution in [2.24, 2.45) is 5.92 Å². The van der Waals surface area contributed by atoms with Crippen LogP contribution in [0.15, 0.2) is 12.1 Å². The third-order valence-electron chi connectivity index (χ3n) is 5.12. The first kappa shape index (κ1) is 20.1. The highest BCUT2D eigenvalue weighted by Crippen LogP contribution is 2.37. The number of aromatic amines is 1. The van der Waals surface area contributed by atoms with Gasteiger partial charge in [0, 0.05) is 23.4 Å². The maximum atomic E-state index is 13.9. The van der Waals surface area contributed by atoms with Crippen molar-refractivity contribution >= 4 is 17.5 Å². The van der Waals surface area contributed by atoms with Gasteiger partial charge in [-0.05, 0) is 19.3 Å². The van der Waals surface area contributed by atoms with Gasteiger partial charge in [-0.3, -0.25) is 14.7 Å². The molecular formula is C18H15F5N4O3. The van der Waals surface area contributed by atoms with Crippen molar-refractivity contribution in [3.05, 3.63) is 40.7 Å². The summed E-state index contributed by atoms with van der Waals surface area (Å²) in [5.41, 5.74) is -0.0337. The van der Waals surface area contributed by atoms with E-state index in [1.165, 1.54) is 0 Å². The van der Waals surface area contributed by atoms with Crippen molar-refractivity contribution in [1.82, 2.24) is 15.5 Å². The number of anilines is 1. The fraction of sp³-hybridized carbons (Fsp3) is 0.389. The topological polar surface area (TPSA) is 96.1 Å². The van der Waals surface area contributed by atoms with E-state index in [9.17, 15) is 31.5 Å². The van der Waals surface area contributed by atoms with Crippen LogP contribution in [0.4, 0.5) is 27.6 Å². The summed E-state index contributed by atoms with van der Waals surface area (Å²) in [4.78, 5) is 25.0. The van der Waals surface area contributed by atoms with Crippen molar-refractivity contribution in [2.75, 3.05) is 11.9 Å². The number of benzene rings is 1. The molecule has 2 aliphatic rings. The van der Waals surface area contributed by atoms with Crippen LogP contribution in [-0.4, -0.2) is 40.8 Å². The molecule has 0 fully saturated rings. The van der Waals surface area contributed by atoms with Crippen molar-refractivity contribution in [2.45, 2.75) is 31.5 Å². The van der Waals surface area contributed by atoms with Crippen molar-refractivity contribution < 1.29 is 36.3 Å². The standard InChI is InChI=1S/C18H15F5N4O3/c19-8-4-10(20)15-13(5-8)30-6-12(16(28)25-15)24-17(29)14-9-3-7(18(21,22)23)1-2-11(9)26-27-14/h4-5,7,12H,1-3,6H2,(H,24,29)(H,25,28)(H,26,27)/t7-,12-/m0/s1. The Bertz CT molecular complexity index is 1020. The number of hydrogen-bond acceptors (Lipinski definition) is 4. The lowest BCUT2D eigenvalue weighted by atomic mass is 9.86. The number of amides is 2. The Morgan fingerprint density at radius 3 is 2.77 bits per heavy atom. The predicted molar refractivity (Wildman–Crippen MR) is 91.9 cm³/mol. The summed E-state index contributed by atoms with van der Waals surface area (Å²) in [7, 11) is 0. The van der Waals surface area contributed by atoms with E-state index in [1.54, 1.807) is 0 Å². The number of nitrogens with one attached hydrogen (secondary N) is 3. The van der Waals surface area contributed by atoms with Crippen LogP contribution in [0.3, 0.4) is 0 Å². The van der Waals surface area contributed by atoms with Crippen LogP contribution in [0, 0.1) is 17.6 Å². The van der Waals surface area contributed by atoms with Crippen LogP contribution in [0.1, 0.15) is 28.2 Å². The molecule has 2 amide bonds. The van der Waals surface area contributed by atoms with Gasteiger partial charge in [0.15, 0.2) is 11.5 Å². The maximum Gasteiger partial charge on any atom is 0.392 e. The molecule has 0 saturated carbocycles. The molecule has 2 heterocycles. The summed E-state index contributed by atoms with van der Waals surface area (Å²) >= 11 is 0. The molecular weight excluding hydrogens is 415 g/mol. The lowest BCUT2D eigenvalue weighted by Gasteiger charge is -2.24. The molecule has 1 aromatic heterocycles. The number of fused-ring (bicyclic) bond motifs is 2. The van der Waals surface area contributed by atoms with Gasteiger partial charge >= 0.3 is 6.18 Å². The number of hydrogen-bond donors (Lipinski definition) is 3. The Kier molecular flexibility index (Phi) is 4.86. The molecule has 30 heavy (non-hydrogen) atoms. The van der Waals surface area contributed by atoms with Crippen molar-refractivity contribution in [1.29, 1.82) is 0 Å². The summed E-state index contributed by atoms with van der Waals surface area (Å²) in [6.07, 6.45) is -4.82. The largest absolute Gasteiger partial charge is 0.488 e. The highest BCUT2D eigenvalue weighted by molar-refractivity contribution is 6.02. The second-order valence-corrected chi connectivity index (χ2v) is 7.10. The molecule has 1 aliphatic heterocycles. The van der Waals surface area contributed by atoms with E-state index in [0.29, 0.717) is 11.8 Å². The molecule has 0 radical (unpaired) electrons. The van der Waals surface area contributed by atoms with E-state index in [4.69, 9.17) is 4.74 Å². The van der Waals surface area contributed by atoms with Crippen LogP contribution in [0.2, 0.25) is 0 Å². The summed E-state index contributed by atoms with van der Waals surface area (Å²) in [5.74, 6) is -5.51. The number of aryl methyl sites for hydroxylation is 1. The quantitative estimate of drug-likeness (QED) is 0.638. The van der Waals surface area contributed by atoms with Gasteiger partial charge in [-0.1, -0.05) is 0 Å². The first-order valence-corrected chi connectivity index (χ1v) is 9.00. The molecule has 0 saturated heterocycles. The average molecular weight is 430 g/mol. The van der Waals surface area contributed by atoms with E-state index in [2.05, 4.69) is 20.8 Å². The molecule has 2 atom stereocenters. The number of H-pyrrole nitrogens is 1. The summed E-state index contributed by atoms with van der Waals surface area (Å²) in [6.45, 7) is -0.439. The van der Waals surface area contributed by atoms with Gasteiger partial charge in [-0.25, -0.2) is 8.78 Å². The Balaban J connectivity index is 1.51. The number of halogens is 5. The Morgan fingerprint density at radius 2 is 2.03 bits per heavy atom. The molecule has 1 aromatic carbocycles. The zero-order valence-corrected chi connectivity index (χ0v) is 15.2. The fourth-order valence-electron chi connectivity index (χ4n) is 3.54. The van der Waals surface area contributed by atoms with Gasteiger partial charge in [-0.2, -0.15) is 18.3 Å². The molecule has 0 bridgehead atoms. The molecule has 12 heteroatoms. The number of carbonyl (C=O) groups is 2. The second-order valence-electron chi connectivity index (χ2n) is 7.10. The van der Waals surface area contributed by atoms with Gasteiger partial charge in [0.25, 0.3) is 11.8 Å². The van der Waals surface area contributed by atoms with Crippen LogP contribution < -0.4 is 15.4 Å². The van der Waals surface area contributed by atoms with E-state index in [-0.39, 0.29) is 35.5 Å².